The van der Waals surface area contributed by atoms with E-state index < -0.39 is 76.9 Å². The van der Waals surface area contributed by atoms with Gasteiger partial charge in [0, 0.05) is 42.0 Å². The van der Waals surface area contributed by atoms with Gasteiger partial charge >= 0.3 is 0 Å². The molecule has 0 spiro atoms. The second-order valence-electron chi connectivity index (χ2n) is 9.77. The SMILES string of the molecule is COc1cccc2c1C(=O)c1c(O)c3c(c(O)c1C2=O)C[C@@](O)(C=O)C[C@@H]3O[C@H]1C[C@H](N)[C@H](O)[C@H](C)O1.Cl. The van der Waals surface area contributed by atoms with Crippen LogP contribution in [0.15, 0.2) is 18.2 Å². The minimum Gasteiger partial charge on any atom is -0.507 e. The first-order valence-corrected chi connectivity index (χ1v) is 11.8. The van der Waals surface area contributed by atoms with E-state index in [1.807, 2.05) is 0 Å². The number of aliphatic hydroxyl groups is 2. The number of carbonyl (C=O) groups excluding carboxylic acids is 3. The normalized spacial score (nSPS) is 30.0. The van der Waals surface area contributed by atoms with E-state index >= 15 is 0 Å². The number of aromatic hydroxyl groups is 2. The molecule has 2 aromatic carbocycles. The van der Waals surface area contributed by atoms with Crippen LogP contribution in [0.3, 0.4) is 0 Å². The maximum atomic E-state index is 13.6. The van der Waals surface area contributed by atoms with Gasteiger partial charge in [0.2, 0.25) is 5.78 Å². The van der Waals surface area contributed by atoms with Crippen LogP contribution in [-0.2, 0) is 20.7 Å². The summed E-state index contributed by atoms with van der Waals surface area (Å²) in [7, 11) is 1.34. The first-order chi connectivity index (χ1) is 17.5. The third-order valence-electron chi connectivity index (χ3n) is 7.39. The highest BCUT2D eigenvalue weighted by Gasteiger charge is 2.47. The molecule has 6 N–H and O–H groups in total. The third-order valence-corrected chi connectivity index (χ3v) is 7.39. The molecule has 0 aromatic heterocycles. The molecule has 3 aliphatic rings. The Bertz CT molecular complexity index is 1320. The van der Waals surface area contributed by atoms with Crippen molar-refractivity contribution >= 4 is 30.3 Å². The molecule has 6 atom stereocenters. The van der Waals surface area contributed by atoms with Crippen LogP contribution in [0, 0.1) is 0 Å². The second-order valence-corrected chi connectivity index (χ2v) is 9.77. The van der Waals surface area contributed by atoms with Crippen molar-refractivity contribution in [1.82, 2.24) is 0 Å². The van der Waals surface area contributed by atoms with E-state index in [9.17, 15) is 34.8 Å². The van der Waals surface area contributed by atoms with Crippen molar-refractivity contribution in [3.8, 4) is 17.2 Å². The molecule has 1 fully saturated rings. The summed E-state index contributed by atoms with van der Waals surface area (Å²) in [5.41, 5.74) is 2.93. The van der Waals surface area contributed by atoms with Crippen molar-refractivity contribution in [3.05, 3.63) is 51.6 Å². The van der Waals surface area contributed by atoms with Gasteiger partial charge in [-0.2, -0.15) is 0 Å². The Kier molecular flexibility index (Phi) is 7.30. The Labute approximate surface area is 223 Å². The number of ketones is 2. The lowest BCUT2D eigenvalue weighted by molar-refractivity contribution is -0.246. The van der Waals surface area contributed by atoms with Crippen molar-refractivity contribution in [1.29, 1.82) is 0 Å². The number of methoxy groups -OCH3 is 1. The second kappa shape index (κ2) is 9.92. The Morgan fingerprint density at radius 2 is 1.82 bits per heavy atom. The maximum Gasteiger partial charge on any atom is 0.202 e. The minimum absolute atomic E-state index is 0. The van der Waals surface area contributed by atoms with Crippen molar-refractivity contribution in [3.63, 3.8) is 0 Å². The summed E-state index contributed by atoms with van der Waals surface area (Å²) < 4.78 is 17.0. The number of hydrogen-bond acceptors (Lipinski definition) is 11. The zero-order valence-corrected chi connectivity index (χ0v) is 21.4. The number of hydrogen-bond donors (Lipinski definition) is 5. The van der Waals surface area contributed by atoms with E-state index in [2.05, 4.69) is 0 Å². The molecule has 2 aliphatic carbocycles. The molecule has 0 radical (unpaired) electrons. The highest BCUT2D eigenvalue weighted by Crippen LogP contribution is 2.52. The van der Waals surface area contributed by atoms with Crippen LogP contribution in [0.2, 0.25) is 0 Å². The largest absolute Gasteiger partial charge is 0.507 e. The van der Waals surface area contributed by atoms with Gasteiger partial charge in [0.05, 0.1) is 42.1 Å². The van der Waals surface area contributed by atoms with Gasteiger partial charge in [-0.3, -0.25) is 9.59 Å². The lowest BCUT2D eigenvalue weighted by Gasteiger charge is -2.41. The fraction of sp³-hybridized carbons (Fsp3) is 0.423. The van der Waals surface area contributed by atoms with E-state index in [0.717, 1.165) is 0 Å². The third kappa shape index (κ3) is 4.15. The molecule has 38 heavy (non-hydrogen) atoms. The number of nitrogens with two attached hydrogens (primary N) is 1. The predicted molar refractivity (Wildman–Crippen MR) is 133 cm³/mol. The lowest BCUT2D eigenvalue weighted by Crippen LogP contribution is -2.52. The minimum atomic E-state index is -2.00. The molecule has 2 aromatic rings. The molecule has 0 amide bonds. The quantitative estimate of drug-likeness (QED) is 0.231. The summed E-state index contributed by atoms with van der Waals surface area (Å²) in [4.78, 5) is 38.8. The molecule has 0 unspecified atom stereocenters. The number of fused-ring (bicyclic) bond motifs is 3. The van der Waals surface area contributed by atoms with Crippen LogP contribution in [0.4, 0.5) is 0 Å². The first kappa shape index (κ1) is 28.0. The molecule has 0 saturated carbocycles. The fourth-order valence-corrected chi connectivity index (χ4v) is 5.51. The molecule has 1 saturated heterocycles. The van der Waals surface area contributed by atoms with Crippen LogP contribution in [0.1, 0.15) is 68.8 Å². The Hall–Kier alpha value is -3.06. The molecule has 1 aliphatic heterocycles. The number of halogens is 1. The number of benzene rings is 2. The van der Waals surface area contributed by atoms with Crippen LogP contribution >= 0.6 is 12.4 Å². The molecule has 204 valence electrons. The molecular weight excluding hydrogens is 522 g/mol. The van der Waals surface area contributed by atoms with Crippen LogP contribution in [0.5, 0.6) is 17.2 Å². The van der Waals surface area contributed by atoms with Gasteiger partial charge in [0.15, 0.2) is 18.4 Å². The molecule has 0 bridgehead atoms. The fourth-order valence-electron chi connectivity index (χ4n) is 5.51. The van der Waals surface area contributed by atoms with Crippen molar-refractivity contribution < 1.29 is 49.0 Å². The molecule has 12 heteroatoms. The van der Waals surface area contributed by atoms with Crippen LogP contribution < -0.4 is 10.5 Å². The average Bonchev–Trinajstić information content (AvgIpc) is 2.87. The van der Waals surface area contributed by atoms with Gasteiger partial charge in [-0.1, -0.05) is 12.1 Å². The highest BCUT2D eigenvalue weighted by molar-refractivity contribution is 6.31. The number of ether oxygens (including phenoxy) is 3. The topological polar surface area (TPSA) is 186 Å². The molecule has 5 rings (SSSR count). The van der Waals surface area contributed by atoms with Crippen molar-refractivity contribution in [2.45, 2.75) is 62.4 Å². The predicted octanol–water partition coefficient (Wildman–Crippen LogP) is 1.06. The van der Waals surface area contributed by atoms with Crippen LogP contribution in [-0.4, -0.2) is 75.5 Å². The highest BCUT2D eigenvalue weighted by atomic mass is 35.5. The number of rotatable bonds is 4. The van der Waals surface area contributed by atoms with Gasteiger partial charge in [0.1, 0.15) is 22.8 Å². The Morgan fingerprint density at radius 1 is 1.13 bits per heavy atom. The number of carbonyl (C=O) groups is 3. The summed E-state index contributed by atoms with van der Waals surface area (Å²) in [6.45, 7) is 1.60. The van der Waals surface area contributed by atoms with E-state index in [-0.39, 0.29) is 53.3 Å². The van der Waals surface area contributed by atoms with E-state index in [1.54, 1.807) is 6.92 Å². The van der Waals surface area contributed by atoms with Gasteiger partial charge in [-0.05, 0) is 13.0 Å². The number of phenols is 2. The van der Waals surface area contributed by atoms with Crippen molar-refractivity contribution in [2.24, 2.45) is 5.73 Å². The number of aliphatic hydroxyl groups excluding tert-OH is 1. The molecular formula is C26H28ClNO10. The summed E-state index contributed by atoms with van der Waals surface area (Å²) in [6.07, 6.45) is -4.23. The monoisotopic (exact) mass is 549 g/mol. The van der Waals surface area contributed by atoms with Gasteiger partial charge < -0.3 is 45.2 Å². The zero-order valence-electron chi connectivity index (χ0n) is 20.5. The Balaban J connectivity index is 0.00000336. The van der Waals surface area contributed by atoms with Crippen LogP contribution in [0.25, 0.3) is 0 Å². The Morgan fingerprint density at radius 3 is 2.45 bits per heavy atom. The van der Waals surface area contributed by atoms with Crippen molar-refractivity contribution in [2.75, 3.05) is 7.11 Å². The van der Waals surface area contributed by atoms with E-state index in [1.165, 1.54) is 25.3 Å². The standard InChI is InChI=1S/C26H27NO10.ClH/c1-10-21(29)13(27)6-16(36-10)37-15-8-26(34,9-28)7-12-18(15)25(33)20-19(23(12)31)22(30)11-4-3-5-14(35-2)17(11)24(20)32;/h3-5,9-10,13,15-16,21,29,31,33-34H,6-8,27H2,1-2H3;1H/t10-,13-,15-,16-,21+,26-;/m0./s1. The summed E-state index contributed by atoms with van der Waals surface area (Å²) in [6, 6.07) is 3.74. The maximum absolute atomic E-state index is 13.6. The summed E-state index contributed by atoms with van der Waals surface area (Å²) in [5, 5.41) is 43.6. The number of aldehydes is 1. The molecule has 11 nitrogen and oxygen atoms in total. The smallest absolute Gasteiger partial charge is 0.202 e. The lowest BCUT2D eigenvalue weighted by atomic mass is 9.73. The molecule has 1 heterocycles. The van der Waals surface area contributed by atoms with E-state index in [0.29, 0.717) is 6.29 Å². The van der Waals surface area contributed by atoms with Gasteiger partial charge in [-0.25, -0.2) is 0 Å². The van der Waals surface area contributed by atoms with Gasteiger partial charge in [0.25, 0.3) is 0 Å². The first-order valence-electron chi connectivity index (χ1n) is 11.8. The van der Waals surface area contributed by atoms with E-state index in [4.69, 9.17) is 19.9 Å². The summed E-state index contributed by atoms with van der Waals surface area (Å²) in [5.74, 6) is -2.57. The zero-order chi connectivity index (χ0) is 26.8. The number of phenolic OH excluding ortho intramolecular Hbond substituents is 2. The average molecular weight is 550 g/mol. The van der Waals surface area contributed by atoms with Gasteiger partial charge in [-0.15, -0.1) is 12.4 Å². The summed E-state index contributed by atoms with van der Waals surface area (Å²) >= 11 is 0.